The van der Waals surface area contributed by atoms with E-state index < -0.39 is 12.3 Å². The highest BCUT2D eigenvalue weighted by Gasteiger charge is 2.18. The summed E-state index contributed by atoms with van der Waals surface area (Å²) < 4.78 is 0. The number of rotatable bonds is 5. The molecule has 0 aliphatic heterocycles. The van der Waals surface area contributed by atoms with E-state index in [0.29, 0.717) is 6.54 Å². The van der Waals surface area contributed by atoms with Crippen LogP contribution in [0.4, 0.5) is 0 Å². The lowest BCUT2D eigenvalue weighted by atomic mass is 10.3. The number of carbonyl (C=O) groups excluding carboxylic acids is 1. The molecule has 15 heavy (non-hydrogen) atoms. The summed E-state index contributed by atoms with van der Waals surface area (Å²) in [6, 6.07) is -0.610. The van der Waals surface area contributed by atoms with Crippen molar-refractivity contribution in [2.75, 3.05) is 27.7 Å². The van der Waals surface area contributed by atoms with Gasteiger partial charge in [-0.1, -0.05) is 6.08 Å². The zero-order chi connectivity index (χ0) is 12.0. The molecule has 0 aromatic carbocycles. The largest absolute Gasteiger partial charge is 0.366 e. The zero-order valence-corrected chi connectivity index (χ0v) is 9.71. The molecular formula is C10H20N2O3. The number of likely N-dealkylation sites (N-methyl/N-ethyl adjacent to an activating group) is 2. The Bertz CT molecular complexity index is 227. The number of carbonyl (C=O) groups is 1. The monoisotopic (exact) mass is 216 g/mol. The van der Waals surface area contributed by atoms with E-state index in [1.807, 2.05) is 19.0 Å². The van der Waals surface area contributed by atoms with Crippen LogP contribution in [0.15, 0.2) is 12.2 Å². The number of hydrogen-bond donors (Lipinski definition) is 2. The van der Waals surface area contributed by atoms with Gasteiger partial charge in [0.25, 0.3) is 0 Å². The van der Waals surface area contributed by atoms with Gasteiger partial charge in [0.05, 0.1) is 6.04 Å². The van der Waals surface area contributed by atoms with Gasteiger partial charge in [-0.15, -0.1) is 0 Å². The first-order valence-corrected chi connectivity index (χ1v) is 4.80. The molecule has 0 fully saturated rings. The molecule has 1 atom stereocenters. The van der Waals surface area contributed by atoms with Gasteiger partial charge in [-0.2, -0.15) is 0 Å². The third-order valence-corrected chi connectivity index (χ3v) is 2.12. The highest BCUT2D eigenvalue weighted by Crippen LogP contribution is 2.00. The Morgan fingerprint density at radius 2 is 1.87 bits per heavy atom. The van der Waals surface area contributed by atoms with E-state index in [4.69, 9.17) is 10.2 Å². The molecule has 5 nitrogen and oxygen atoms in total. The number of aliphatic hydroxyl groups excluding tert-OH is 1. The van der Waals surface area contributed by atoms with Gasteiger partial charge in [0.1, 0.15) is 0 Å². The van der Waals surface area contributed by atoms with Gasteiger partial charge >= 0.3 is 0 Å². The van der Waals surface area contributed by atoms with Crippen LogP contribution in [-0.2, 0) is 4.79 Å². The molecule has 0 aliphatic carbocycles. The Labute approximate surface area is 90.6 Å². The van der Waals surface area contributed by atoms with Crippen LogP contribution in [-0.4, -0.2) is 65.9 Å². The minimum absolute atomic E-state index is 0.238. The average molecular weight is 216 g/mol. The molecule has 0 bridgehead atoms. The maximum absolute atomic E-state index is 11.5. The molecule has 0 heterocycles. The van der Waals surface area contributed by atoms with Crippen LogP contribution in [0.25, 0.3) is 0 Å². The van der Waals surface area contributed by atoms with E-state index in [-0.39, 0.29) is 5.91 Å². The molecular weight excluding hydrogens is 196 g/mol. The van der Waals surface area contributed by atoms with Gasteiger partial charge in [-0.25, -0.2) is 0 Å². The van der Waals surface area contributed by atoms with Crippen molar-refractivity contribution in [3.8, 4) is 0 Å². The molecule has 0 radical (unpaired) electrons. The fourth-order valence-electron chi connectivity index (χ4n) is 0.883. The van der Waals surface area contributed by atoms with Crippen molar-refractivity contribution in [1.82, 2.24) is 9.80 Å². The first-order valence-electron chi connectivity index (χ1n) is 4.80. The summed E-state index contributed by atoms with van der Waals surface area (Å²) in [5, 5.41) is 17.8. The molecule has 0 saturated heterocycles. The summed E-state index contributed by atoms with van der Waals surface area (Å²) in [4.78, 5) is 14.7. The predicted molar refractivity (Wildman–Crippen MR) is 58.2 cm³/mol. The Kier molecular flexibility index (Phi) is 6.15. The predicted octanol–water partition coefficient (Wildman–Crippen LogP) is -0.738. The highest BCUT2D eigenvalue weighted by atomic mass is 16.5. The van der Waals surface area contributed by atoms with Crippen molar-refractivity contribution in [3.63, 3.8) is 0 Å². The second-order valence-corrected chi connectivity index (χ2v) is 3.77. The topological polar surface area (TPSA) is 64.0 Å². The first-order chi connectivity index (χ1) is 6.86. The van der Waals surface area contributed by atoms with E-state index in [2.05, 4.69) is 0 Å². The van der Waals surface area contributed by atoms with E-state index in [1.54, 1.807) is 13.0 Å². The van der Waals surface area contributed by atoms with Crippen molar-refractivity contribution in [3.05, 3.63) is 12.2 Å². The van der Waals surface area contributed by atoms with Gasteiger partial charge in [0, 0.05) is 19.7 Å². The summed E-state index contributed by atoms with van der Waals surface area (Å²) in [6.45, 7) is 2.25. The minimum atomic E-state index is -1.51. The lowest BCUT2D eigenvalue weighted by molar-refractivity contribution is -0.138. The van der Waals surface area contributed by atoms with Crippen LogP contribution in [0.1, 0.15) is 6.92 Å². The fourth-order valence-corrected chi connectivity index (χ4v) is 0.883. The molecule has 0 unspecified atom stereocenters. The SMILES string of the molecule is C[C@@H](C(O)O)N(C)C(=O)/C=C/CN(C)C. The summed E-state index contributed by atoms with van der Waals surface area (Å²) >= 11 is 0. The second kappa shape index (κ2) is 6.55. The second-order valence-electron chi connectivity index (χ2n) is 3.77. The van der Waals surface area contributed by atoms with Gasteiger partial charge in [-0.05, 0) is 21.0 Å². The lowest BCUT2D eigenvalue weighted by Crippen LogP contribution is -2.41. The highest BCUT2D eigenvalue weighted by molar-refractivity contribution is 5.87. The van der Waals surface area contributed by atoms with Crippen LogP contribution in [0, 0.1) is 0 Å². The Balaban J connectivity index is 4.15. The number of aliphatic hydroxyl groups is 2. The number of amides is 1. The van der Waals surface area contributed by atoms with Crippen LogP contribution in [0.3, 0.4) is 0 Å². The molecule has 0 aromatic rings. The van der Waals surface area contributed by atoms with Gasteiger partial charge in [-0.3, -0.25) is 4.79 Å². The quantitative estimate of drug-likeness (QED) is 0.469. The van der Waals surface area contributed by atoms with E-state index in [0.717, 1.165) is 0 Å². The molecule has 2 N–H and O–H groups in total. The molecule has 0 saturated carbocycles. The van der Waals surface area contributed by atoms with E-state index >= 15 is 0 Å². The van der Waals surface area contributed by atoms with Crippen LogP contribution < -0.4 is 0 Å². The molecule has 1 amide bonds. The maximum atomic E-state index is 11.5. The van der Waals surface area contributed by atoms with Crippen LogP contribution in [0.5, 0.6) is 0 Å². The van der Waals surface area contributed by atoms with Crippen molar-refractivity contribution in [2.24, 2.45) is 0 Å². The molecule has 5 heteroatoms. The lowest BCUT2D eigenvalue weighted by Gasteiger charge is -2.24. The van der Waals surface area contributed by atoms with Gasteiger partial charge in [0.15, 0.2) is 6.29 Å². The molecule has 88 valence electrons. The standard InChI is InChI=1S/C10H20N2O3/c1-8(10(14)15)12(4)9(13)6-5-7-11(2)3/h5-6,8,10,14-15H,7H2,1-4H3/b6-5+/t8-/m0/s1. The van der Waals surface area contributed by atoms with E-state index in [1.165, 1.54) is 18.0 Å². The normalized spacial score (nSPS) is 13.9. The maximum Gasteiger partial charge on any atom is 0.246 e. The van der Waals surface area contributed by atoms with Gasteiger partial charge in [0.2, 0.25) is 5.91 Å². The molecule has 0 rings (SSSR count). The Morgan fingerprint density at radius 3 is 2.27 bits per heavy atom. The van der Waals surface area contributed by atoms with Gasteiger partial charge < -0.3 is 20.0 Å². The first kappa shape index (κ1) is 14.1. The molecule has 0 spiro atoms. The molecule has 0 aliphatic rings. The summed E-state index contributed by atoms with van der Waals surface area (Å²) in [5.74, 6) is -0.238. The smallest absolute Gasteiger partial charge is 0.246 e. The zero-order valence-electron chi connectivity index (χ0n) is 9.71. The summed E-state index contributed by atoms with van der Waals surface area (Å²) in [5.41, 5.74) is 0. The summed E-state index contributed by atoms with van der Waals surface area (Å²) in [6.07, 6.45) is 1.65. The Morgan fingerprint density at radius 1 is 1.33 bits per heavy atom. The van der Waals surface area contributed by atoms with E-state index in [9.17, 15) is 4.79 Å². The van der Waals surface area contributed by atoms with Crippen molar-refractivity contribution >= 4 is 5.91 Å². The van der Waals surface area contributed by atoms with Crippen LogP contribution in [0.2, 0.25) is 0 Å². The minimum Gasteiger partial charge on any atom is -0.366 e. The number of hydrogen-bond acceptors (Lipinski definition) is 4. The van der Waals surface area contributed by atoms with Crippen molar-refractivity contribution < 1.29 is 15.0 Å². The number of nitrogens with zero attached hydrogens (tertiary/aromatic N) is 2. The third kappa shape index (κ3) is 5.51. The van der Waals surface area contributed by atoms with Crippen molar-refractivity contribution in [1.29, 1.82) is 0 Å². The molecule has 0 aromatic heterocycles. The fraction of sp³-hybridized carbons (Fsp3) is 0.700. The summed E-state index contributed by atoms with van der Waals surface area (Å²) in [7, 11) is 5.34. The Hall–Kier alpha value is -0.910. The third-order valence-electron chi connectivity index (χ3n) is 2.12. The average Bonchev–Trinajstić information content (AvgIpc) is 2.14. The van der Waals surface area contributed by atoms with Crippen molar-refractivity contribution in [2.45, 2.75) is 19.3 Å². The van der Waals surface area contributed by atoms with Crippen LogP contribution >= 0.6 is 0 Å².